The van der Waals surface area contributed by atoms with Gasteiger partial charge in [0.2, 0.25) is 0 Å². The number of ether oxygens (including phenoxy) is 1. The molecule has 0 saturated heterocycles. The highest BCUT2D eigenvalue weighted by Gasteiger charge is 2.28. The molecule has 10 heteroatoms. The Morgan fingerprint density at radius 3 is 2.66 bits per heavy atom. The first-order valence-corrected chi connectivity index (χ1v) is 10.1. The number of amides is 2. The Kier molecular flexibility index (Phi) is 4.77. The molecule has 0 atom stereocenters. The molecule has 0 unspecified atom stereocenters. The molecule has 0 spiro atoms. The average molecular weight is 412 g/mol. The second-order valence-electron chi connectivity index (χ2n) is 6.24. The number of nitrogens with one attached hydrogen (secondary N) is 2. The molecule has 2 heterocycles. The lowest BCUT2D eigenvalue weighted by atomic mass is 10.1. The van der Waals surface area contributed by atoms with E-state index in [0.29, 0.717) is 24.6 Å². The van der Waals surface area contributed by atoms with Gasteiger partial charge in [-0.25, -0.2) is 8.42 Å². The van der Waals surface area contributed by atoms with E-state index in [-0.39, 0.29) is 16.0 Å². The van der Waals surface area contributed by atoms with Crippen molar-refractivity contribution in [1.82, 2.24) is 15.1 Å². The summed E-state index contributed by atoms with van der Waals surface area (Å²) in [5, 5.41) is 6.21. The summed E-state index contributed by atoms with van der Waals surface area (Å²) in [6.07, 6.45) is 3.49. The molecule has 1 aromatic heterocycles. The molecule has 148 valence electrons. The highest BCUT2D eigenvalue weighted by atomic mass is 32.2. The Bertz CT molecular complexity index is 1190. The van der Waals surface area contributed by atoms with E-state index in [1.165, 1.54) is 18.2 Å². The van der Waals surface area contributed by atoms with Crippen LogP contribution < -0.4 is 14.8 Å². The van der Waals surface area contributed by atoms with Crippen LogP contribution in [0.2, 0.25) is 0 Å². The average Bonchev–Trinajstić information content (AvgIpc) is 3.30. The summed E-state index contributed by atoms with van der Waals surface area (Å²) >= 11 is 0. The summed E-state index contributed by atoms with van der Waals surface area (Å²) in [6, 6.07) is 12.1. The quantitative estimate of drug-likeness (QED) is 0.570. The molecular formula is C19H16N4O5S. The lowest BCUT2D eigenvalue weighted by molar-refractivity contribution is 0.0879. The van der Waals surface area contributed by atoms with Crippen molar-refractivity contribution >= 4 is 27.5 Å². The van der Waals surface area contributed by atoms with Crippen LogP contribution in [0.25, 0.3) is 0 Å². The summed E-state index contributed by atoms with van der Waals surface area (Å²) in [4.78, 5) is 23.3. The Hall–Kier alpha value is -3.66. The van der Waals surface area contributed by atoms with Crippen LogP contribution in [0.4, 0.5) is 5.69 Å². The third kappa shape index (κ3) is 3.97. The fourth-order valence-corrected chi connectivity index (χ4v) is 3.94. The van der Waals surface area contributed by atoms with E-state index in [9.17, 15) is 18.0 Å². The number of anilines is 1. The zero-order valence-electron chi connectivity index (χ0n) is 15.0. The number of nitrogens with zero attached hydrogens (tertiary/aromatic N) is 2. The third-order valence-electron chi connectivity index (χ3n) is 4.25. The predicted octanol–water partition coefficient (Wildman–Crippen LogP) is 1.65. The Morgan fingerprint density at radius 1 is 1.03 bits per heavy atom. The molecule has 2 aromatic carbocycles. The number of imide groups is 1. The van der Waals surface area contributed by atoms with E-state index in [0.717, 1.165) is 0 Å². The fourth-order valence-electron chi connectivity index (χ4n) is 2.87. The van der Waals surface area contributed by atoms with Crippen LogP contribution in [0, 0.1) is 0 Å². The smallest absolute Gasteiger partial charge is 0.261 e. The normalized spacial score (nSPS) is 13.1. The number of fused-ring (bicyclic) bond motifs is 1. The molecule has 0 aliphatic carbocycles. The number of carbonyl (C=O) groups is 2. The van der Waals surface area contributed by atoms with Gasteiger partial charge in [-0.15, -0.1) is 0 Å². The minimum Gasteiger partial charge on any atom is -0.492 e. The number of benzene rings is 2. The fraction of sp³-hybridized carbons (Fsp3) is 0.105. The molecule has 2 N–H and O–H groups in total. The third-order valence-corrected chi connectivity index (χ3v) is 5.63. The molecule has 0 fully saturated rings. The van der Waals surface area contributed by atoms with E-state index in [4.69, 9.17) is 4.74 Å². The molecule has 3 aromatic rings. The summed E-state index contributed by atoms with van der Waals surface area (Å²) < 4.78 is 35.2. The van der Waals surface area contributed by atoms with E-state index >= 15 is 0 Å². The summed E-state index contributed by atoms with van der Waals surface area (Å²) in [5.41, 5.74) is 0.498. The van der Waals surface area contributed by atoms with E-state index < -0.39 is 21.8 Å². The molecule has 0 radical (unpaired) electrons. The summed E-state index contributed by atoms with van der Waals surface area (Å²) in [5.74, 6) is -0.659. The van der Waals surface area contributed by atoms with Gasteiger partial charge >= 0.3 is 0 Å². The Labute approximate surface area is 166 Å². The molecule has 0 bridgehead atoms. The first-order chi connectivity index (χ1) is 13.9. The van der Waals surface area contributed by atoms with Gasteiger partial charge in [0, 0.05) is 18.5 Å². The topological polar surface area (TPSA) is 119 Å². The van der Waals surface area contributed by atoms with Crippen LogP contribution in [0.3, 0.4) is 0 Å². The summed E-state index contributed by atoms with van der Waals surface area (Å²) in [6.45, 7) is 0.921. The number of hydrogen-bond acceptors (Lipinski definition) is 6. The monoisotopic (exact) mass is 412 g/mol. The minimum atomic E-state index is -3.96. The van der Waals surface area contributed by atoms with Gasteiger partial charge in [0.15, 0.2) is 0 Å². The van der Waals surface area contributed by atoms with Gasteiger partial charge in [-0.05, 0) is 36.4 Å². The van der Waals surface area contributed by atoms with Crippen molar-refractivity contribution in [2.24, 2.45) is 0 Å². The van der Waals surface area contributed by atoms with E-state index in [2.05, 4.69) is 15.1 Å². The van der Waals surface area contributed by atoms with E-state index in [1.54, 1.807) is 35.1 Å². The molecular weight excluding hydrogens is 396 g/mol. The largest absolute Gasteiger partial charge is 0.492 e. The lowest BCUT2D eigenvalue weighted by Crippen LogP contribution is -2.19. The van der Waals surface area contributed by atoms with Crippen molar-refractivity contribution in [1.29, 1.82) is 0 Å². The molecule has 2 amide bonds. The molecule has 9 nitrogen and oxygen atoms in total. The van der Waals surface area contributed by atoms with Gasteiger partial charge in [0.25, 0.3) is 21.8 Å². The van der Waals surface area contributed by atoms with Gasteiger partial charge < -0.3 is 4.74 Å². The number of rotatable bonds is 7. The molecule has 29 heavy (non-hydrogen) atoms. The van der Waals surface area contributed by atoms with E-state index in [1.807, 2.05) is 12.3 Å². The maximum absolute atomic E-state index is 12.7. The van der Waals surface area contributed by atoms with Crippen molar-refractivity contribution in [2.45, 2.75) is 11.4 Å². The SMILES string of the molecule is O=C1NC(=O)c2cc(S(=O)(=O)Nc3cccc(OCCn4cccn4)c3)ccc21. The zero-order chi connectivity index (χ0) is 20.4. The van der Waals surface area contributed by atoms with Crippen molar-refractivity contribution in [2.75, 3.05) is 11.3 Å². The van der Waals surface area contributed by atoms with Crippen molar-refractivity contribution in [3.05, 3.63) is 72.1 Å². The van der Waals surface area contributed by atoms with Crippen LogP contribution in [-0.2, 0) is 16.6 Å². The van der Waals surface area contributed by atoms with Crippen LogP contribution in [-0.4, -0.2) is 36.6 Å². The zero-order valence-corrected chi connectivity index (χ0v) is 15.8. The molecule has 1 aliphatic heterocycles. The maximum atomic E-state index is 12.7. The van der Waals surface area contributed by atoms with Gasteiger partial charge in [0.05, 0.1) is 28.3 Å². The van der Waals surface area contributed by atoms with Gasteiger partial charge in [-0.3, -0.25) is 24.3 Å². The molecule has 4 rings (SSSR count). The van der Waals surface area contributed by atoms with Crippen LogP contribution in [0.15, 0.2) is 65.8 Å². The first kappa shape index (κ1) is 18.7. The minimum absolute atomic E-state index is 0.0357. The van der Waals surface area contributed by atoms with Crippen molar-refractivity contribution in [3.8, 4) is 5.75 Å². The Morgan fingerprint density at radius 2 is 1.86 bits per heavy atom. The number of sulfonamides is 1. The highest BCUT2D eigenvalue weighted by molar-refractivity contribution is 7.92. The Balaban J connectivity index is 1.48. The second-order valence-corrected chi connectivity index (χ2v) is 7.92. The van der Waals surface area contributed by atoms with Crippen LogP contribution in [0.1, 0.15) is 20.7 Å². The molecule has 1 aliphatic rings. The predicted molar refractivity (Wildman–Crippen MR) is 103 cm³/mol. The standard InChI is InChI=1S/C19H16N4O5S/c24-18-16-6-5-15(12-17(16)19(25)21-18)29(26,27)22-13-3-1-4-14(11-13)28-10-9-23-8-2-7-20-23/h1-8,11-12,22H,9-10H2,(H,21,24,25). The van der Waals surface area contributed by atoms with Crippen molar-refractivity contribution < 1.29 is 22.7 Å². The number of hydrogen-bond donors (Lipinski definition) is 2. The lowest BCUT2D eigenvalue weighted by Gasteiger charge is -2.11. The maximum Gasteiger partial charge on any atom is 0.261 e. The van der Waals surface area contributed by atoms with Gasteiger partial charge in [-0.2, -0.15) is 5.10 Å². The summed E-state index contributed by atoms with van der Waals surface area (Å²) in [7, 11) is -3.96. The molecule has 0 saturated carbocycles. The number of aromatic nitrogens is 2. The second kappa shape index (κ2) is 7.40. The van der Waals surface area contributed by atoms with Gasteiger partial charge in [0.1, 0.15) is 12.4 Å². The van der Waals surface area contributed by atoms with Gasteiger partial charge in [-0.1, -0.05) is 6.07 Å². The van der Waals surface area contributed by atoms with Crippen LogP contribution >= 0.6 is 0 Å². The van der Waals surface area contributed by atoms with Crippen LogP contribution in [0.5, 0.6) is 5.75 Å². The number of carbonyl (C=O) groups excluding carboxylic acids is 2. The van der Waals surface area contributed by atoms with Crippen molar-refractivity contribution in [3.63, 3.8) is 0 Å². The highest BCUT2D eigenvalue weighted by Crippen LogP contribution is 2.24. The first-order valence-electron chi connectivity index (χ1n) is 8.65.